The van der Waals surface area contributed by atoms with Crippen molar-refractivity contribution in [1.82, 2.24) is 10.2 Å². The topological polar surface area (TPSA) is 52.7 Å². The highest BCUT2D eigenvalue weighted by Gasteiger charge is 2.35. The van der Waals surface area contributed by atoms with Crippen molar-refractivity contribution >= 4 is 17.5 Å². The quantitative estimate of drug-likeness (QED) is 0.743. The summed E-state index contributed by atoms with van der Waals surface area (Å²) in [6, 6.07) is 7.82. The molecule has 1 heterocycles. The number of amides is 2. The zero-order valence-corrected chi connectivity index (χ0v) is 15.0. The van der Waals surface area contributed by atoms with Crippen LogP contribution in [0.2, 0.25) is 0 Å². The predicted molar refractivity (Wildman–Crippen MR) is 97.1 cm³/mol. The standard InChI is InChI=1S/C19H29N3O2/c1-4-21(5-2)12-8-11-20-19(24)16-13-18(23)22(14-16)17-10-7-6-9-15(17)3/h6-7,9-10,16H,4-5,8,11-14H2,1-3H3,(H,20,24)/t16-/m1/s1. The molecule has 1 aromatic carbocycles. The van der Waals surface area contributed by atoms with Gasteiger partial charge in [0.2, 0.25) is 11.8 Å². The van der Waals surface area contributed by atoms with Gasteiger partial charge in [-0.25, -0.2) is 0 Å². The smallest absolute Gasteiger partial charge is 0.227 e. The molecule has 2 rings (SSSR count). The molecule has 1 saturated heterocycles. The van der Waals surface area contributed by atoms with E-state index in [1.54, 1.807) is 4.90 Å². The Morgan fingerprint density at radius 1 is 1.29 bits per heavy atom. The van der Waals surface area contributed by atoms with Crippen LogP contribution in [0.15, 0.2) is 24.3 Å². The van der Waals surface area contributed by atoms with Gasteiger partial charge < -0.3 is 15.1 Å². The van der Waals surface area contributed by atoms with Crippen LogP contribution in [0.3, 0.4) is 0 Å². The molecule has 0 aromatic heterocycles. The van der Waals surface area contributed by atoms with Gasteiger partial charge in [-0.15, -0.1) is 0 Å². The third kappa shape index (κ3) is 4.57. The van der Waals surface area contributed by atoms with Crippen LogP contribution in [0, 0.1) is 12.8 Å². The number of para-hydroxylation sites is 1. The Morgan fingerprint density at radius 3 is 2.67 bits per heavy atom. The molecule has 1 atom stereocenters. The maximum Gasteiger partial charge on any atom is 0.227 e. The summed E-state index contributed by atoms with van der Waals surface area (Å²) in [7, 11) is 0. The van der Waals surface area contributed by atoms with Crippen LogP contribution in [0.25, 0.3) is 0 Å². The second kappa shape index (κ2) is 8.83. The van der Waals surface area contributed by atoms with Crippen molar-refractivity contribution < 1.29 is 9.59 Å². The van der Waals surface area contributed by atoms with Crippen LogP contribution >= 0.6 is 0 Å². The molecule has 0 radical (unpaired) electrons. The maximum atomic E-state index is 12.3. The highest BCUT2D eigenvalue weighted by Crippen LogP contribution is 2.27. The SMILES string of the molecule is CCN(CC)CCCNC(=O)[C@@H]1CC(=O)N(c2ccccc2C)C1. The Labute approximate surface area is 145 Å². The Bertz CT molecular complexity index is 569. The summed E-state index contributed by atoms with van der Waals surface area (Å²) in [5.74, 6) is -0.211. The Hall–Kier alpha value is -1.88. The summed E-state index contributed by atoms with van der Waals surface area (Å²) in [4.78, 5) is 28.7. The van der Waals surface area contributed by atoms with Gasteiger partial charge in [0.25, 0.3) is 0 Å². The fourth-order valence-electron chi connectivity index (χ4n) is 3.18. The molecule has 5 nitrogen and oxygen atoms in total. The van der Waals surface area contributed by atoms with E-state index in [1.165, 1.54) is 0 Å². The van der Waals surface area contributed by atoms with Gasteiger partial charge in [0, 0.05) is 25.2 Å². The highest BCUT2D eigenvalue weighted by molar-refractivity contribution is 6.00. The van der Waals surface area contributed by atoms with E-state index in [0.29, 0.717) is 19.5 Å². The number of carbonyl (C=O) groups excluding carboxylic acids is 2. The minimum absolute atomic E-state index is 0.000943. The zero-order valence-electron chi connectivity index (χ0n) is 15.0. The molecule has 1 fully saturated rings. The molecule has 0 bridgehead atoms. The Kier molecular flexibility index (Phi) is 6.79. The molecule has 1 N–H and O–H groups in total. The van der Waals surface area contributed by atoms with Crippen molar-refractivity contribution in [2.24, 2.45) is 5.92 Å². The lowest BCUT2D eigenvalue weighted by atomic mass is 10.1. The molecule has 1 aliphatic rings. The first-order valence-electron chi connectivity index (χ1n) is 8.92. The van der Waals surface area contributed by atoms with E-state index < -0.39 is 0 Å². The molecule has 2 amide bonds. The third-order valence-electron chi connectivity index (χ3n) is 4.75. The third-order valence-corrected chi connectivity index (χ3v) is 4.75. The molecule has 0 unspecified atom stereocenters. The van der Waals surface area contributed by atoms with E-state index in [9.17, 15) is 9.59 Å². The monoisotopic (exact) mass is 331 g/mol. The number of nitrogens with zero attached hydrogens (tertiary/aromatic N) is 2. The van der Waals surface area contributed by atoms with E-state index in [1.807, 2.05) is 31.2 Å². The average molecular weight is 331 g/mol. The lowest BCUT2D eigenvalue weighted by Gasteiger charge is -2.19. The first-order valence-corrected chi connectivity index (χ1v) is 8.92. The summed E-state index contributed by atoms with van der Waals surface area (Å²) in [6.07, 6.45) is 1.24. The van der Waals surface area contributed by atoms with Crippen LogP contribution in [-0.2, 0) is 9.59 Å². The van der Waals surface area contributed by atoms with Gasteiger partial charge in [-0.3, -0.25) is 9.59 Å². The van der Waals surface area contributed by atoms with E-state index in [4.69, 9.17) is 0 Å². The lowest BCUT2D eigenvalue weighted by Crippen LogP contribution is -2.35. The van der Waals surface area contributed by atoms with Crippen LogP contribution in [0.5, 0.6) is 0 Å². The number of hydrogen-bond acceptors (Lipinski definition) is 3. The summed E-state index contributed by atoms with van der Waals surface area (Å²) >= 11 is 0. The number of nitrogens with one attached hydrogen (secondary N) is 1. The maximum absolute atomic E-state index is 12.3. The molecule has 24 heavy (non-hydrogen) atoms. The number of carbonyl (C=O) groups is 2. The van der Waals surface area contributed by atoms with Crippen LogP contribution in [0.4, 0.5) is 5.69 Å². The molecular weight excluding hydrogens is 302 g/mol. The van der Waals surface area contributed by atoms with Crippen molar-refractivity contribution in [3.8, 4) is 0 Å². The second-order valence-corrected chi connectivity index (χ2v) is 6.36. The Balaban J connectivity index is 1.82. The largest absolute Gasteiger partial charge is 0.356 e. The summed E-state index contributed by atoms with van der Waals surface area (Å²) < 4.78 is 0. The molecular formula is C19H29N3O2. The predicted octanol–water partition coefficient (Wildman–Crippen LogP) is 2.20. The summed E-state index contributed by atoms with van der Waals surface area (Å²) in [6.45, 7) is 10.5. The van der Waals surface area contributed by atoms with Crippen LogP contribution < -0.4 is 10.2 Å². The van der Waals surface area contributed by atoms with E-state index in [2.05, 4.69) is 24.1 Å². The van der Waals surface area contributed by atoms with Gasteiger partial charge in [-0.2, -0.15) is 0 Å². The molecule has 0 saturated carbocycles. The lowest BCUT2D eigenvalue weighted by molar-refractivity contribution is -0.126. The molecule has 1 aliphatic heterocycles. The first-order chi connectivity index (χ1) is 11.6. The van der Waals surface area contributed by atoms with Gasteiger partial charge in [-0.05, 0) is 44.6 Å². The van der Waals surface area contributed by atoms with Crippen LogP contribution in [-0.4, -0.2) is 49.4 Å². The van der Waals surface area contributed by atoms with Crippen molar-refractivity contribution in [3.05, 3.63) is 29.8 Å². The Morgan fingerprint density at radius 2 is 2.00 bits per heavy atom. The van der Waals surface area contributed by atoms with E-state index >= 15 is 0 Å². The molecule has 132 valence electrons. The normalized spacial score (nSPS) is 17.6. The van der Waals surface area contributed by atoms with Crippen LogP contribution in [0.1, 0.15) is 32.3 Å². The second-order valence-electron chi connectivity index (χ2n) is 6.36. The van der Waals surface area contributed by atoms with Crippen molar-refractivity contribution in [2.75, 3.05) is 37.6 Å². The fourth-order valence-corrected chi connectivity index (χ4v) is 3.18. The number of benzene rings is 1. The van der Waals surface area contributed by atoms with Crippen molar-refractivity contribution in [1.29, 1.82) is 0 Å². The zero-order chi connectivity index (χ0) is 17.5. The average Bonchev–Trinajstić information content (AvgIpc) is 2.97. The minimum atomic E-state index is -0.245. The molecule has 0 spiro atoms. The molecule has 0 aliphatic carbocycles. The van der Waals surface area contributed by atoms with Gasteiger partial charge in [0.05, 0.1) is 5.92 Å². The van der Waals surface area contributed by atoms with Gasteiger partial charge >= 0.3 is 0 Å². The highest BCUT2D eigenvalue weighted by atomic mass is 16.2. The van der Waals surface area contributed by atoms with Gasteiger partial charge in [0.1, 0.15) is 0 Å². The van der Waals surface area contributed by atoms with Crippen molar-refractivity contribution in [3.63, 3.8) is 0 Å². The van der Waals surface area contributed by atoms with E-state index in [-0.39, 0.29) is 17.7 Å². The molecule has 5 heteroatoms. The summed E-state index contributed by atoms with van der Waals surface area (Å²) in [5, 5.41) is 2.99. The number of aryl methyl sites for hydroxylation is 1. The number of anilines is 1. The molecule has 1 aromatic rings. The summed E-state index contributed by atoms with van der Waals surface area (Å²) in [5.41, 5.74) is 1.98. The minimum Gasteiger partial charge on any atom is -0.356 e. The van der Waals surface area contributed by atoms with Gasteiger partial charge in [-0.1, -0.05) is 32.0 Å². The number of hydrogen-bond donors (Lipinski definition) is 1. The van der Waals surface area contributed by atoms with E-state index in [0.717, 1.165) is 37.3 Å². The first kappa shape index (κ1) is 18.5. The van der Waals surface area contributed by atoms with Crippen molar-refractivity contribution in [2.45, 2.75) is 33.6 Å². The number of rotatable bonds is 8. The fraction of sp³-hybridized carbons (Fsp3) is 0.579. The van der Waals surface area contributed by atoms with Gasteiger partial charge in [0.15, 0.2) is 0 Å².